The molecule has 1 aliphatic heterocycles. The van der Waals surface area contributed by atoms with Gasteiger partial charge in [-0.3, -0.25) is 9.79 Å². The Hall–Kier alpha value is -2.74. The number of halogens is 1. The number of hydrazone groups is 1. The van der Waals surface area contributed by atoms with E-state index in [1.54, 1.807) is 0 Å². The first-order valence-corrected chi connectivity index (χ1v) is 10.1. The summed E-state index contributed by atoms with van der Waals surface area (Å²) in [6, 6.07) is 17.2. The zero-order valence-corrected chi connectivity index (χ0v) is 17.4. The van der Waals surface area contributed by atoms with Crippen LogP contribution in [0.3, 0.4) is 0 Å². The van der Waals surface area contributed by atoms with Crippen molar-refractivity contribution in [3.63, 3.8) is 0 Å². The Labute approximate surface area is 180 Å². The molecule has 2 aromatic carbocycles. The second-order valence-electron chi connectivity index (χ2n) is 7.13. The zero-order chi connectivity index (χ0) is 21.5. The van der Waals surface area contributed by atoms with Crippen molar-refractivity contribution in [3.8, 4) is 0 Å². The summed E-state index contributed by atoms with van der Waals surface area (Å²) in [7, 11) is 0. The largest absolute Gasteiger partial charge is 0.458 e. The van der Waals surface area contributed by atoms with E-state index in [-0.39, 0.29) is 11.2 Å². The molecule has 2 aromatic rings. The van der Waals surface area contributed by atoms with Gasteiger partial charge in [-0.15, -0.1) is 0 Å². The highest BCUT2D eigenvalue weighted by Crippen LogP contribution is 2.18. The van der Waals surface area contributed by atoms with Gasteiger partial charge in [0.25, 0.3) is 0 Å². The van der Waals surface area contributed by atoms with Gasteiger partial charge in [0.1, 0.15) is 17.9 Å². The quantitative estimate of drug-likeness (QED) is 0.270. The summed E-state index contributed by atoms with van der Waals surface area (Å²) >= 11 is 6.35. The van der Waals surface area contributed by atoms with Crippen LogP contribution in [0.25, 0.3) is 0 Å². The minimum Gasteiger partial charge on any atom is -0.458 e. The number of aliphatic imine (C=N–C) groups is 1. The van der Waals surface area contributed by atoms with Gasteiger partial charge in [-0.1, -0.05) is 66.2 Å². The summed E-state index contributed by atoms with van der Waals surface area (Å²) in [6.45, 7) is 2.16. The molecule has 1 heterocycles. The fourth-order valence-electron chi connectivity index (χ4n) is 3.43. The van der Waals surface area contributed by atoms with Gasteiger partial charge in [0.15, 0.2) is 5.17 Å². The Morgan fingerprint density at radius 3 is 2.53 bits per heavy atom. The van der Waals surface area contributed by atoms with Gasteiger partial charge >= 0.3 is 5.97 Å². The number of ether oxygens (including phenoxy) is 1. The third kappa shape index (κ3) is 5.66. The fraction of sp³-hybridized carbons (Fsp3) is 0.318. The second-order valence-corrected chi connectivity index (χ2v) is 7.49. The van der Waals surface area contributed by atoms with E-state index in [4.69, 9.17) is 22.2 Å². The molecule has 1 fully saturated rings. The predicted molar refractivity (Wildman–Crippen MR) is 118 cm³/mol. The monoisotopic (exact) mass is 428 g/mol. The predicted octanol–water partition coefficient (Wildman–Crippen LogP) is 1.99. The lowest BCUT2D eigenvalue weighted by Crippen LogP contribution is -2.38. The molecule has 0 radical (unpaired) electrons. The Morgan fingerprint density at radius 1 is 1.20 bits per heavy atom. The number of aliphatic hydroxyl groups excluding tert-OH is 1. The van der Waals surface area contributed by atoms with Crippen LogP contribution in [0, 0.1) is 0 Å². The van der Waals surface area contributed by atoms with Crippen LogP contribution in [0.4, 0.5) is 0 Å². The maximum absolute atomic E-state index is 11.3. The Bertz CT molecular complexity index is 916. The summed E-state index contributed by atoms with van der Waals surface area (Å²) in [5.41, 5.74) is 3.21. The molecule has 0 unspecified atom stereocenters. The number of β-amino-alcohol motifs (C(OH)–C–C–N with tert-alkyl or cyclic N) is 1. The molecular formula is C22H25ClN4O3. The molecule has 7 nitrogen and oxygen atoms in total. The highest BCUT2D eigenvalue weighted by Gasteiger charge is 2.37. The molecule has 3 atom stereocenters. The number of nitrogens with one attached hydrogen (secondary N) is 1. The number of nitrogens with two attached hydrogens (primary N) is 1. The van der Waals surface area contributed by atoms with Crippen LogP contribution in [0.5, 0.6) is 0 Å². The first-order chi connectivity index (χ1) is 14.5. The average molecular weight is 429 g/mol. The number of rotatable bonds is 7. The smallest absolute Gasteiger partial charge is 0.303 e. The number of carbonyl (C=O) groups excluding carboxylic acids is 1. The third-order valence-electron chi connectivity index (χ3n) is 4.92. The molecule has 0 spiro atoms. The van der Waals surface area contributed by atoms with E-state index in [9.17, 15) is 9.90 Å². The van der Waals surface area contributed by atoms with E-state index in [0.717, 1.165) is 16.7 Å². The summed E-state index contributed by atoms with van der Waals surface area (Å²) in [6.07, 6.45) is -0.683. The van der Waals surface area contributed by atoms with Crippen LogP contribution in [-0.2, 0) is 22.5 Å². The van der Waals surface area contributed by atoms with Crippen LogP contribution in [0.1, 0.15) is 23.6 Å². The number of carbonyl (C=O) groups is 1. The van der Waals surface area contributed by atoms with E-state index in [1.807, 2.05) is 54.6 Å². The molecule has 0 aliphatic carbocycles. The molecule has 0 aromatic heterocycles. The van der Waals surface area contributed by atoms with Crippen molar-refractivity contribution in [2.75, 3.05) is 6.54 Å². The lowest BCUT2D eigenvalue weighted by molar-refractivity contribution is -0.151. The van der Waals surface area contributed by atoms with Crippen molar-refractivity contribution in [1.29, 1.82) is 0 Å². The summed E-state index contributed by atoms with van der Waals surface area (Å²) in [4.78, 5) is 15.7. The van der Waals surface area contributed by atoms with Crippen LogP contribution < -0.4 is 11.2 Å². The molecule has 30 heavy (non-hydrogen) atoms. The molecule has 3 rings (SSSR count). The van der Waals surface area contributed by atoms with Crippen molar-refractivity contribution in [2.45, 2.75) is 38.1 Å². The van der Waals surface area contributed by atoms with E-state index in [2.05, 4.69) is 15.4 Å². The maximum Gasteiger partial charge on any atom is 0.303 e. The van der Waals surface area contributed by atoms with Gasteiger partial charge in [-0.2, -0.15) is 5.10 Å². The molecule has 1 aliphatic rings. The number of esters is 1. The van der Waals surface area contributed by atoms with Gasteiger partial charge in [0, 0.05) is 19.0 Å². The maximum atomic E-state index is 11.3. The van der Waals surface area contributed by atoms with Gasteiger partial charge in [0.2, 0.25) is 0 Å². The van der Waals surface area contributed by atoms with E-state index >= 15 is 0 Å². The molecule has 1 saturated heterocycles. The van der Waals surface area contributed by atoms with Crippen molar-refractivity contribution < 1.29 is 14.6 Å². The molecule has 0 amide bonds. The van der Waals surface area contributed by atoms with Crippen molar-refractivity contribution in [2.24, 2.45) is 15.9 Å². The fourth-order valence-corrected chi connectivity index (χ4v) is 3.65. The summed E-state index contributed by atoms with van der Waals surface area (Å²) < 4.78 is 5.26. The molecule has 4 N–H and O–H groups in total. The van der Waals surface area contributed by atoms with Gasteiger partial charge in [-0.25, -0.2) is 0 Å². The molecular weight excluding hydrogens is 404 g/mol. The number of aliphatic hydroxyl groups is 1. The molecule has 0 saturated carbocycles. The first-order valence-electron chi connectivity index (χ1n) is 9.68. The molecule has 8 heteroatoms. The van der Waals surface area contributed by atoms with Gasteiger partial charge < -0.3 is 21.0 Å². The average Bonchev–Trinajstić information content (AvgIpc) is 3.08. The lowest BCUT2D eigenvalue weighted by atomic mass is 9.99. The number of benzene rings is 2. The van der Waals surface area contributed by atoms with Crippen LogP contribution in [0.15, 0.2) is 64.7 Å². The topological polar surface area (TPSA) is 109 Å². The number of hydrogen-bond donors (Lipinski definition) is 3. The van der Waals surface area contributed by atoms with E-state index < -0.39 is 18.2 Å². The van der Waals surface area contributed by atoms with E-state index in [0.29, 0.717) is 25.2 Å². The van der Waals surface area contributed by atoms with Gasteiger partial charge in [0.05, 0.1) is 12.6 Å². The number of hydrogen-bond acceptors (Lipinski definition) is 7. The standard InChI is InChI=1S/C22H25ClN4O3/c1-14(28)30-21-18(25-13-19(21)29)11-15-7-9-17(10-8-15)20(27-24)22(23)26-12-16-5-3-2-4-6-16/h2-10,18-19,21,25,29H,11-13,24H2,1H3/b26-22?,27-20-/t18-,19+,21+/m1/s1. The van der Waals surface area contributed by atoms with Crippen LogP contribution in [0.2, 0.25) is 0 Å². The minimum absolute atomic E-state index is 0.159. The molecule has 158 valence electrons. The number of nitrogens with zero attached hydrogens (tertiary/aromatic N) is 2. The van der Waals surface area contributed by atoms with Crippen LogP contribution >= 0.6 is 11.6 Å². The lowest BCUT2D eigenvalue weighted by Gasteiger charge is -2.21. The Kier molecular flexibility index (Phi) is 7.57. The SMILES string of the molecule is CC(=O)O[C@@H]1[C@@H](O)CN[C@@H]1Cc1ccc(/C(=N/N)C(Cl)=NCc2ccccc2)cc1. The minimum atomic E-state index is -0.714. The van der Waals surface area contributed by atoms with Crippen molar-refractivity contribution in [1.82, 2.24) is 5.32 Å². The second kappa shape index (κ2) is 10.3. The zero-order valence-electron chi connectivity index (χ0n) is 16.7. The van der Waals surface area contributed by atoms with E-state index in [1.165, 1.54) is 6.92 Å². The van der Waals surface area contributed by atoms with Crippen LogP contribution in [-0.4, -0.2) is 46.8 Å². The molecule has 0 bridgehead atoms. The van der Waals surface area contributed by atoms with Gasteiger partial charge in [-0.05, 0) is 17.5 Å². The van der Waals surface area contributed by atoms with Crippen molar-refractivity contribution in [3.05, 3.63) is 71.3 Å². The highest BCUT2D eigenvalue weighted by molar-refractivity contribution is 6.85. The summed E-state index contributed by atoms with van der Waals surface area (Å²) in [5, 5.41) is 17.3. The highest BCUT2D eigenvalue weighted by atomic mass is 35.5. The Morgan fingerprint density at radius 2 is 1.90 bits per heavy atom. The van der Waals surface area contributed by atoms with Crippen molar-refractivity contribution >= 4 is 28.5 Å². The third-order valence-corrected chi connectivity index (χ3v) is 5.22. The Balaban J connectivity index is 1.67. The normalized spacial score (nSPS) is 22.2. The summed E-state index contributed by atoms with van der Waals surface area (Å²) in [5.74, 6) is 5.15. The first kappa shape index (κ1) is 22.0.